The molecule has 0 aliphatic heterocycles. The van der Waals surface area contributed by atoms with Crippen molar-refractivity contribution in [3.63, 3.8) is 0 Å². The third kappa shape index (κ3) is 3.27. The minimum absolute atomic E-state index is 0.211. The number of benzene rings is 1. The van der Waals surface area contributed by atoms with Gasteiger partial charge >= 0.3 is 0 Å². The van der Waals surface area contributed by atoms with Crippen LogP contribution in [-0.2, 0) is 4.74 Å². The Labute approximate surface area is 125 Å². The van der Waals surface area contributed by atoms with Crippen molar-refractivity contribution in [2.75, 3.05) is 6.61 Å². The van der Waals surface area contributed by atoms with Gasteiger partial charge in [-0.3, -0.25) is 0 Å². The van der Waals surface area contributed by atoms with Gasteiger partial charge in [0.25, 0.3) is 0 Å². The van der Waals surface area contributed by atoms with Crippen LogP contribution in [0.4, 0.5) is 8.78 Å². The van der Waals surface area contributed by atoms with Crippen LogP contribution in [0.3, 0.4) is 0 Å². The van der Waals surface area contributed by atoms with Gasteiger partial charge in [-0.2, -0.15) is 0 Å². The third-order valence-corrected chi connectivity index (χ3v) is 4.77. The number of nitrogens with two attached hydrogens (primary N) is 1. The molecule has 0 spiro atoms. The first kappa shape index (κ1) is 16.4. The molecule has 1 atom stereocenters. The second kappa shape index (κ2) is 6.01. The largest absolute Gasteiger partial charge is 0.373 e. The first-order valence-corrected chi connectivity index (χ1v) is 7.65. The summed E-state index contributed by atoms with van der Waals surface area (Å²) < 4.78 is 33.5. The van der Waals surface area contributed by atoms with Crippen molar-refractivity contribution >= 4 is 0 Å². The molecule has 1 unspecified atom stereocenters. The van der Waals surface area contributed by atoms with Crippen LogP contribution in [0.1, 0.15) is 58.1 Å². The highest BCUT2D eigenvalue weighted by Gasteiger charge is 2.44. The lowest BCUT2D eigenvalue weighted by Gasteiger charge is -2.46. The van der Waals surface area contributed by atoms with Gasteiger partial charge in [0.05, 0.1) is 11.6 Å². The lowest BCUT2D eigenvalue weighted by Crippen LogP contribution is -2.48. The lowest BCUT2D eigenvalue weighted by molar-refractivity contribution is -0.101. The van der Waals surface area contributed by atoms with E-state index in [1.165, 1.54) is 6.07 Å². The van der Waals surface area contributed by atoms with E-state index >= 15 is 0 Å². The fourth-order valence-corrected chi connectivity index (χ4v) is 3.23. The number of hydrogen-bond acceptors (Lipinski definition) is 2. The van der Waals surface area contributed by atoms with Gasteiger partial charge < -0.3 is 10.5 Å². The number of halogens is 2. The van der Waals surface area contributed by atoms with Crippen LogP contribution in [-0.4, -0.2) is 12.2 Å². The average molecular weight is 297 g/mol. The van der Waals surface area contributed by atoms with Crippen LogP contribution in [0.25, 0.3) is 0 Å². The Morgan fingerprint density at radius 2 is 1.81 bits per heavy atom. The molecule has 0 saturated heterocycles. The van der Waals surface area contributed by atoms with E-state index in [2.05, 4.69) is 13.8 Å². The summed E-state index contributed by atoms with van der Waals surface area (Å²) in [5.74, 6) is -1.71. The third-order valence-electron chi connectivity index (χ3n) is 4.77. The average Bonchev–Trinajstić information content (AvgIpc) is 2.44. The van der Waals surface area contributed by atoms with Crippen LogP contribution in [0.15, 0.2) is 18.2 Å². The quantitative estimate of drug-likeness (QED) is 0.897. The Morgan fingerprint density at radius 3 is 2.38 bits per heavy atom. The molecular formula is C17H25F2NO. The van der Waals surface area contributed by atoms with Crippen molar-refractivity contribution in [2.45, 2.75) is 58.1 Å². The van der Waals surface area contributed by atoms with Crippen LogP contribution in [0, 0.1) is 17.0 Å². The molecule has 1 aliphatic rings. The highest BCUT2D eigenvalue weighted by atomic mass is 19.2. The Bertz CT molecular complexity index is 492. The van der Waals surface area contributed by atoms with Crippen LogP contribution >= 0.6 is 0 Å². The monoisotopic (exact) mass is 297 g/mol. The molecule has 0 radical (unpaired) electrons. The van der Waals surface area contributed by atoms with Gasteiger partial charge in [0.2, 0.25) is 0 Å². The summed E-state index contributed by atoms with van der Waals surface area (Å²) in [6, 6.07) is 3.52. The van der Waals surface area contributed by atoms with E-state index in [1.54, 1.807) is 6.07 Å². The minimum Gasteiger partial charge on any atom is -0.373 e. The minimum atomic E-state index is -0.856. The molecule has 1 aromatic carbocycles. The summed E-state index contributed by atoms with van der Waals surface area (Å²) in [5.41, 5.74) is 6.18. The zero-order valence-electron chi connectivity index (χ0n) is 13.1. The first-order valence-electron chi connectivity index (χ1n) is 7.65. The summed E-state index contributed by atoms with van der Waals surface area (Å²) in [6.45, 7) is 6.87. The molecular weight excluding hydrogens is 272 g/mol. The van der Waals surface area contributed by atoms with Gasteiger partial charge in [-0.05, 0) is 44.1 Å². The molecule has 0 heterocycles. The topological polar surface area (TPSA) is 35.2 Å². The van der Waals surface area contributed by atoms with Crippen LogP contribution in [0.5, 0.6) is 0 Å². The Kier molecular flexibility index (Phi) is 4.69. The fourth-order valence-electron chi connectivity index (χ4n) is 3.23. The standard InChI is InChI=1S/C17H25F2NO/c1-4-21-17(10-8-16(2,3)9-11-17)15(20)12-6-5-7-13(18)14(12)19/h5-7,15H,4,8-11,20H2,1-3H3. The normalized spacial score (nSPS) is 22.0. The van der Waals surface area contributed by atoms with Crippen LogP contribution in [0.2, 0.25) is 0 Å². The predicted octanol–water partition coefficient (Wildman–Crippen LogP) is 4.34. The Balaban J connectivity index is 2.32. The molecule has 0 amide bonds. The van der Waals surface area contributed by atoms with Gasteiger partial charge in [-0.1, -0.05) is 26.0 Å². The molecule has 4 heteroatoms. The van der Waals surface area contributed by atoms with Crippen molar-refractivity contribution in [1.29, 1.82) is 0 Å². The number of ether oxygens (including phenoxy) is 1. The molecule has 1 aliphatic carbocycles. The zero-order valence-corrected chi connectivity index (χ0v) is 13.1. The maximum Gasteiger partial charge on any atom is 0.163 e. The van der Waals surface area contributed by atoms with Crippen molar-refractivity contribution in [1.82, 2.24) is 0 Å². The summed E-state index contributed by atoms with van der Waals surface area (Å²) in [5, 5.41) is 0. The highest BCUT2D eigenvalue weighted by Crippen LogP contribution is 2.47. The predicted molar refractivity (Wildman–Crippen MR) is 79.9 cm³/mol. The maximum atomic E-state index is 14.1. The van der Waals surface area contributed by atoms with Gasteiger partial charge in [0.15, 0.2) is 11.6 Å². The summed E-state index contributed by atoms with van der Waals surface area (Å²) in [7, 11) is 0. The van der Waals surface area contributed by atoms with Gasteiger partial charge in [0.1, 0.15) is 0 Å². The molecule has 0 aromatic heterocycles. The first-order chi connectivity index (χ1) is 9.81. The molecule has 0 bridgehead atoms. The van der Waals surface area contributed by atoms with Crippen molar-refractivity contribution < 1.29 is 13.5 Å². The van der Waals surface area contributed by atoms with E-state index in [4.69, 9.17) is 10.5 Å². The van der Waals surface area contributed by atoms with E-state index in [-0.39, 0.29) is 11.0 Å². The molecule has 2 nitrogen and oxygen atoms in total. The van der Waals surface area contributed by atoms with Crippen molar-refractivity contribution in [3.05, 3.63) is 35.4 Å². The van der Waals surface area contributed by atoms with Crippen LogP contribution < -0.4 is 5.73 Å². The summed E-state index contributed by atoms with van der Waals surface area (Å²) in [6.07, 6.45) is 3.48. The number of rotatable bonds is 4. The Morgan fingerprint density at radius 1 is 1.19 bits per heavy atom. The van der Waals surface area contributed by atoms with E-state index in [0.29, 0.717) is 6.61 Å². The van der Waals surface area contributed by atoms with Gasteiger partial charge in [-0.15, -0.1) is 0 Å². The van der Waals surface area contributed by atoms with Gasteiger partial charge in [-0.25, -0.2) is 8.78 Å². The molecule has 21 heavy (non-hydrogen) atoms. The second-order valence-corrected chi connectivity index (χ2v) is 6.78. The lowest BCUT2D eigenvalue weighted by atomic mass is 9.67. The van der Waals surface area contributed by atoms with E-state index in [0.717, 1.165) is 31.7 Å². The SMILES string of the molecule is CCOC1(C(N)c2cccc(F)c2F)CCC(C)(C)CC1. The fraction of sp³-hybridized carbons (Fsp3) is 0.647. The molecule has 1 aromatic rings. The summed E-state index contributed by atoms with van der Waals surface area (Å²) in [4.78, 5) is 0. The molecule has 2 rings (SSSR count). The Hall–Kier alpha value is -1.00. The van der Waals surface area contributed by atoms with Crippen molar-refractivity contribution in [2.24, 2.45) is 11.1 Å². The molecule has 1 saturated carbocycles. The maximum absolute atomic E-state index is 14.1. The van der Waals surface area contributed by atoms with Gasteiger partial charge in [0, 0.05) is 12.2 Å². The van der Waals surface area contributed by atoms with Crippen molar-refractivity contribution in [3.8, 4) is 0 Å². The summed E-state index contributed by atoms with van der Waals surface area (Å²) >= 11 is 0. The van der Waals surface area contributed by atoms with E-state index < -0.39 is 23.3 Å². The smallest absolute Gasteiger partial charge is 0.163 e. The zero-order chi connectivity index (χ0) is 15.7. The molecule has 2 N–H and O–H groups in total. The number of hydrogen-bond donors (Lipinski definition) is 1. The van der Waals surface area contributed by atoms with E-state index in [9.17, 15) is 8.78 Å². The second-order valence-electron chi connectivity index (χ2n) is 6.78. The van der Waals surface area contributed by atoms with E-state index in [1.807, 2.05) is 6.92 Å². The highest BCUT2D eigenvalue weighted by molar-refractivity contribution is 5.25. The molecule has 118 valence electrons. The molecule has 1 fully saturated rings.